The van der Waals surface area contributed by atoms with Crippen LogP contribution in [0.15, 0.2) is 47.1 Å². The van der Waals surface area contributed by atoms with Crippen molar-refractivity contribution in [3.63, 3.8) is 0 Å². The van der Waals surface area contributed by atoms with E-state index in [1.165, 1.54) is 16.7 Å². The van der Waals surface area contributed by atoms with Gasteiger partial charge in [0.05, 0.1) is 6.10 Å². The van der Waals surface area contributed by atoms with Crippen LogP contribution in [-0.2, 0) is 4.79 Å². The molecule has 1 saturated carbocycles. The predicted octanol–water partition coefficient (Wildman–Crippen LogP) is 6.43. The fourth-order valence-corrected chi connectivity index (χ4v) is 6.93. The average molecular weight is 409 g/mol. The summed E-state index contributed by atoms with van der Waals surface area (Å²) in [4.78, 5) is 12.0. The Balaban J connectivity index is 1.70. The highest BCUT2D eigenvalue weighted by molar-refractivity contribution is 5.92. The Labute approximate surface area is 183 Å². The highest BCUT2D eigenvalue weighted by Gasteiger charge is 2.55. The van der Waals surface area contributed by atoms with Gasteiger partial charge in [-0.15, -0.1) is 0 Å². The molecule has 0 aliphatic heterocycles. The molecule has 0 saturated heterocycles. The fourth-order valence-electron chi connectivity index (χ4n) is 6.93. The number of fused-ring (bicyclic) bond motifs is 4. The van der Waals surface area contributed by atoms with E-state index in [9.17, 15) is 9.90 Å². The van der Waals surface area contributed by atoms with Crippen LogP contribution in [0.2, 0.25) is 0 Å². The molecule has 30 heavy (non-hydrogen) atoms. The summed E-state index contributed by atoms with van der Waals surface area (Å²) in [6, 6.07) is 0. The number of aliphatic hydroxyl groups is 1. The molecule has 4 aliphatic rings. The van der Waals surface area contributed by atoms with Gasteiger partial charge in [0.15, 0.2) is 5.78 Å². The van der Waals surface area contributed by atoms with Gasteiger partial charge in [0.1, 0.15) is 0 Å². The molecule has 0 bridgehead atoms. The van der Waals surface area contributed by atoms with Gasteiger partial charge < -0.3 is 5.11 Å². The number of hydrogen-bond donors (Lipinski definition) is 1. The molecular formula is C28H40O2. The minimum atomic E-state index is -0.333. The second-order valence-electron chi connectivity index (χ2n) is 11.4. The molecule has 0 amide bonds. The molecule has 0 heterocycles. The quantitative estimate of drug-likeness (QED) is 0.544. The highest BCUT2D eigenvalue weighted by atomic mass is 16.3. The average Bonchev–Trinajstić information content (AvgIpc) is 2.97. The summed E-state index contributed by atoms with van der Waals surface area (Å²) < 4.78 is 0. The molecule has 1 N–H and O–H groups in total. The van der Waals surface area contributed by atoms with E-state index >= 15 is 0 Å². The van der Waals surface area contributed by atoms with Crippen LogP contribution in [0.5, 0.6) is 0 Å². The zero-order chi connectivity index (χ0) is 21.8. The van der Waals surface area contributed by atoms with Gasteiger partial charge >= 0.3 is 0 Å². The molecule has 4 rings (SSSR count). The first kappa shape index (κ1) is 21.8. The zero-order valence-corrected chi connectivity index (χ0v) is 19.7. The van der Waals surface area contributed by atoms with Crippen molar-refractivity contribution in [1.82, 2.24) is 0 Å². The van der Waals surface area contributed by atoms with Gasteiger partial charge in [-0.1, -0.05) is 65.8 Å². The maximum atomic E-state index is 12.0. The number of allylic oxidation sites excluding steroid dienone is 7. The van der Waals surface area contributed by atoms with Crippen LogP contribution < -0.4 is 0 Å². The molecule has 2 heteroatoms. The molecular weight excluding hydrogens is 368 g/mol. The molecule has 4 aliphatic carbocycles. The molecule has 164 valence electrons. The van der Waals surface area contributed by atoms with Crippen LogP contribution >= 0.6 is 0 Å². The number of rotatable bonds is 4. The van der Waals surface area contributed by atoms with Crippen LogP contribution in [0.4, 0.5) is 0 Å². The number of aliphatic hydroxyl groups excluding tert-OH is 1. The van der Waals surface area contributed by atoms with E-state index in [4.69, 9.17) is 0 Å². The van der Waals surface area contributed by atoms with E-state index in [1.54, 1.807) is 0 Å². The van der Waals surface area contributed by atoms with E-state index in [-0.39, 0.29) is 22.7 Å². The molecule has 1 fully saturated rings. The van der Waals surface area contributed by atoms with E-state index in [0.29, 0.717) is 36.0 Å². The smallest absolute Gasteiger partial charge is 0.156 e. The first-order chi connectivity index (χ1) is 14.1. The summed E-state index contributed by atoms with van der Waals surface area (Å²) >= 11 is 0. The van der Waals surface area contributed by atoms with Gasteiger partial charge in [-0.25, -0.2) is 0 Å². The predicted molar refractivity (Wildman–Crippen MR) is 124 cm³/mol. The molecule has 0 aromatic carbocycles. The third-order valence-electron chi connectivity index (χ3n) is 9.37. The Bertz CT molecular complexity index is 841. The molecule has 0 aromatic rings. The molecule has 0 radical (unpaired) electrons. The van der Waals surface area contributed by atoms with Crippen LogP contribution in [0.3, 0.4) is 0 Å². The van der Waals surface area contributed by atoms with Crippen molar-refractivity contribution in [1.29, 1.82) is 0 Å². The van der Waals surface area contributed by atoms with E-state index in [1.807, 2.05) is 6.08 Å². The Kier molecular flexibility index (Phi) is 5.54. The van der Waals surface area contributed by atoms with E-state index in [0.717, 1.165) is 25.7 Å². The SMILES string of the molecule is CC(C)[C@@H](C)/C=C/[C@@H](C)[C@H]1C[C@H](O)C2=C3C=CC4=CC(=O)CC[C@]4(C)[C@H]3CC[C@@]21C. The summed E-state index contributed by atoms with van der Waals surface area (Å²) in [6.07, 6.45) is 15.5. The molecule has 7 atom stereocenters. The summed E-state index contributed by atoms with van der Waals surface area (Å²) in [5.74, 6) is 2.89. The van der Waals surface area contributed by atoms with Crippen LogP contribution in [0.1, 0.15) is 73.6 Å². The van der Waals surface area contributed by atoms with E-state index < -0.39 is 0 Å². The van der Waals surface area contributed by atoms with Crippen LogP contribution in [-0.4, -0.2) is 17.0 Å². The lowest BCUT2D eigenvalue weighted by Crippen LogP contribution is -2.42. The number of hydrogen-bond acceptors (Lipinski definition) is 2. The second kappa shape index (κ2) is 7.62. The lowest BCUT2D eigenvalue weighted by molar-refractivity contribution is -0.116. The van der Waals surface area contributed by atoms with Crippen molar-refractivity contribution in [2.24, 2.45) is 40.4 Å². The standard InChI is InChI=1S/C28H40O2/c1-17(2)18(3)7-8-19(4)24-16-25(30)26-22-10-9-20-15-21(29)11-13-27(20,5)23(22)12-14-28(24,26)6/h7-10,15,17-19,23-25,30H,11-14,16H2,1-6H3/b8-7+/t18-,19+,23-,24+,25-,27-,28+/m0/s1. The van der Waals surface area contributed by atoms with Gasteiger partial charge in [-0.3, -0.25) is 4.79 Å². The Morgan fingerprint density at radius 3 is 2.50 bits per heavy atom. The van der Waals surface area contributed by atoms with Gasteiger partial charge in [-0.2, -0.15) is 0 Å². The van der Waals surface area contributed by atoms with Crippen LogP contribution in [0.25, 0.3) is 0 Å². The summed E-state index contributed by atoms with van der Waals surface area (Å²) in [6.45, 7) is 14.0. The Morgan fingerprint density at radius 2 is 1.80 bits per heavy atom. The minimum Gasteiger partial charge on any atom is -0.389 e. The maximum absolute atomic E-state index is 12.0. The molecule has 0 spiro atoms. The fraction of sp³-hybridized carbons (Fsp3) is 0.679. The lowest BCUT2D eigenvalue weighted by Gasteiger charge is -2.51. The Morgan fingerprint density at radius 1 is 1.07 bits per heavy atom. The lowest BCUT2D eigenvalue weighted by atomic mass is 9.53. The number of ketones is 1. The third kappa shape index (κ3) is 3.30. The maximum Gasteiger partial charge on any atom is 0.156 e. The number of carbonyl (C=O) groups is 1. The molecule has 2 nitrogen and oxygen atoms in total. The van der Waals surface area contributed by atoms with Crippen molar-refractivity contribution < 1.29 is 9.90 Å². The Hall–Kier alpha value is -1.41. The summed E-state index contributed by atoms with van der Waals surface area (Å²) in [5.41, 5.74) is 4.03. The third-order valence-corrected chi connectivity index (χ3v) is 9.37. The number of carbonyl (C=O) groups excluding carboxylic acids is 1. The minimum absolute atomic E-state index is 0.0440. The first-order valence-electron chi connectivity index (χ1n) is 12.1. The normalized spacial score (nSPS) is 40.3. The van der Waals surface area contributed by atoms with Crippen molar-refractivity contribution >= 4 is 5.78 Å². The topological polar surface area (TPSA) is 37.3 Å². The van der Waals surface area contributed by atoms with Gasteiger partial charge in [0, 0.05) is 6.42 Å². The van der Waals surface area contributed by atoms with Crippen molar-refractivity contribution in [2.45, 2.75) is 79.8 Å². The van der Waals surface area contributed by atoms with Crippen molar-refractivity contribution in [3.05, 3.63) is 47.1 Å². The van der Waals surface area contributed by atoms with Crippen LogP contribution in [0, 0.1) is 40.4 Å². The molecule has 0 aromatic heterocycles. The monoisotopic (exact) mass is 408 g/mol. The van der Waals surface area contributed by atoms with Gasteiger partial charge in [-0.05, 0) is 88.9 Å². The molecule has 0 unspecified atom stereocenters. The van der Waals surface area contributed by atoms with Crippen molar-refractivity contribution in [2.75, 3.05) is 0 Å². The zero-order valence-electron chi connectivity index (χ0n) is 19.7. The largest absolute Gasteiger partial charge is 0.389 e. The van der Waals surface area contributed by atoms with Crippen molar-refractivity contribution in [3.8, 4) is 0 Å². The summed E-state index contributed by atoms with van der Waals surface area (Å²) in [5, 5.41) is 11.3. The highest BCUT2D eigenvalue weighted by Crippen LogP contribution is 2.63. The van der Waals surface area contributed by atoms with Gasteiger partial charge in [0.25, 0.3) is 0 Å². The van der Waals surface area contributed by atoms with E-state index in [2.05, 4.69) is 65.8 Å². The summed E-state index contributed by atoms with van der Waals surface area (Å²) in [7, 11) is 0. The van der Waals surface area contributed by atoms with Gasteiger partial charge in [0.2, 0.25) is 0 Å². The second-order valence-corrected chi connectivity index (χ2v) is 11.4. The first-order valence-corrected chi connectivity index (χ1v) is 12.1.